The van der Waals surface area contributed by atoms with Gasteiger partial charge in [-0.05, 0) is 17.7 Å². The highest BCUT2D eigenvalue weighted by molar-refractivity contribution is 5.70. The Morgan fingerprint density at radius 3 is 2.00 bits per heavy atom. The number of hydrogen-bond donors (Lipinski definition) is 0. The molecule has 1 saturated heterocycles. The van der Waals surface area contributed by atoms with E-state index in [1.54, 1.807) is 24.3 Å². The molecule has 2 heterocycles. The first kappa shape index (κ1) is 29.1. The van der Waals surface area contributed by atoms with Crippen LogP contribution in [-0.2, 0) is 54.2 Å². The van der Waals surface area contributed by atoms with Crippen molar-refractivity contribution in [3.8, 4) is 5.75 Å². The van der Waals surface area contributed by atoms with Crippen molar-refractivity contribution >= 4 is 30.0 Å². The molecule has 0 N–H and O–H groups in total. The van der Waals surface area contributed by atoms with Crippen molar-refractivity contribution < 1.29 is 57.1 Å². The summed E-state index contributed by atoms with van der Waals surface area (Å²) in [7, 11) is 0. The molecule has 3 rings (SSSR count). The predicted octanol–water partition coefficient (Wildman–Crippen LogP) is 1.53. The van der Waals surface area contributed by atoms with Gasteiger partial charge in [-0.2, -0.15) is 0 Å². The topological polar surface area (TPSA) is 168 Å². The minimum absolute atomic E-state index is 0.0314. The molecule has 0 aliphatic carbocycles. The van der Waals surface area contributed by atoms with Crippen molar-refractivity contribution in [2.45, 2.75) is 65.0 Å². The Morgan fingerprint density at radius 1 is 0.821 bits per heavy atom. The minimum atomic E-state index is -1.37. The summed E-state index contributed by atoms with van der Waals surface area (Å²) in [6.45, 7) is 4.16. The Labute approximate surface area is 223 Å². The third-order valence-electron chi connectivity index (χ3n) is 5.20. The summed E-state index contributed by atoms with van der Waals surface area (Å²) in [5.41, 5.74) is 0.636. The second-order valence-corrected chi connectivity index (χ2v) is 8.35. The van der Waals surface area contributed by atoms with Crippen LogP contribution in [0.2, 0.25) is 0 Å². The molecule has 1 aromatic carbocycles. The Morgan fingerprint density at radius 2 is 1.44 bits per heavy atom. The van der Waals surface area contributed by atoms with Crippen molar-refractivity contribution in [2.24, 2.45) is 0 Å². The molecule has 2 aromatic rings. The molecule has 2 unspecified atom stereocenters. The predicted molar refractivity (Wildman–Crippen MR) is 127 cm³/mol. The highest BCUT2D eigenvalue weighted by Crippen LogP contribution is 2.31. The molecule has 0 saturated carbocycles. The van der Waals surface area contributed by atoms with E-state index in [4.69, 9.17) is 33.2 Å². The summed E-state index contributed by atoms with van der Waals surface area (Å²) in [6.07, 6.45) is -2.90. The van der Waals surface area contributed by atoms with Crippen LogP contribution in [0.4, 0.5) is 4.79 Å². The zero-order valence-corrected chi connectivity index (χ0v) is 21.6. The maximum absolute atomic E-state index is 12.0. The molecule has 0 spiro atoms. The van der Waals surface area contributed by atoms with Crippen LogP contribution in [0.15, 0.2) is 43.0 Å². The number of esters is 4. The number of ether oxygens (including phenoxy) is 7. The molecular formula is C25H28N2O12. The van der Waals surface area contributed by atoms with Gasteiger partial charge in [0.05, 0.1) is 0 Å². The monoisotopic (exact) mass is 548 g/mol. The summed E-state index contributed by atoms with van der Waals surface area (Å²) >= 11 is 0. The zero-order chi connectivity index (χ0) is 28.5. The highest BCUT2D eigenvalue weighted by Gasteiger charge is 2.53. The van der Waals surface area contributed by atoms with E-state index in [2.05, 4.69) is 4.98 Å². The molecule has 1 aliphatic heterocycles. The van der Waals surface area contributed by atoms with Crippen LogP contribution < -0.4 is 4.74 Å². The summed E-state index contributed by atoms with van der Waals surface area (Å²) in [5, 5.41) is 0. The smallest absolute Gasteiger partial charge is 0.419 e. The number of carbonyl (C=O) groups excluding carboxylic acids is 5. The normalized spacial score (nSPS) is 22.2. The van der Waals surface area contributed by atoms with Gasteiger partial charge in [-0.1, -0.05) is 12.1 Å². The van der Waals surface area contributed by atoms with E-state index in [9.17, 15) is 24.0 Å². The van der Waals surface area contributed by atoms with E-state index < -0.39 is 60.7 Å². The summed E-state index contributed by atoms with van der Waals surface area (Å²) in [4.78, 5) is 62.9. The maximum Gasteiger partial charge on any atom is 0.419 e. The largest absolute Gasteiger partial charge is 0.463 e. The Hall–Kier alpha value is -4.46. The summed E-state index contributed by atoms with van der Waals surface area (Å²) in [6, 6.07) is 6.35. The number of benzene rings is 1. The van der Waals surface area contributed by atoms with E-state index in [1.165, 1.54) is 30.2 Å². The number of carbonyl (C=O) groups is 5. The second kappa shape index (κ2) is 13.4. The molecule has 0 amide bonds. The van der Waals surface area contributed by atoms with Crippen molar-refractivity contribution in [3.63, 3.8) is 0 Å². The number of rotatable bonds is 9. The van der Waals surface area contributed by atoms with Crippen LogP contribution in [0.5, 0.6) is 5.75 Å². The number of hydrogen-bond acceptors (Lipinski definition) is 13. The van der Waals surface area contributed by atoms with E-state index in [0.717, 1.165) is 20.8 Å². The van der Waals surface area contributed by atoms with Gasteiger partial charge < -0.3 is 33.2 Å². The first-order valence-electron chi connectivity index (χ1n) is 11.7. The van der Waals surface area contributed by atoms with Crippen LogP contribution in [0.25, 0.3) is 0 Å². The van der Waals surface area contributed by atoms with E-state index in [0.29, 0.717) is 5.56 Å². The molecule has 14 heteroatoms. The highest BCUT2D eigenvalue weighted by atomic mass is 16.7. The van der Waals surface area contributed by atoms with Crippen molar-refractivity contribution in [3.05, 3.63) is 48.5 Å². The Kier molecular flexibility index (Phi) is 9.98. The van der Waals surface area contributed by atoms with Crippen molar-refractivity contribution in [1.29, 1.82) is 0 Å². The number of imidazole rings is 1. The first-order chi connectivity index (χ1) is 18.5. The SMILES string of the molecule is CC(=O)OCC1O[C@@H](Oc2ccc(COC(=O)n3ccnc3)cc2)[C@H](OC(C)=O)C(OC(C)=O)[C@H]1OC(C)=O. The van der Waals surface area contributed by atoms with Gasteiger partial charge in [-0.3, -0.25) is 19.2 Å². The molecule has 0 bridgehead atoms. The lowest BCUT2D eigenvalue weighted by molar-refractivity contribution is -0.288. The van der Waals surface area contributed by atoms with Gasteiger partial charge in [0, 0.05) is 40.1 Å². The van der Waals surface area contributed by atoms with Crippen LogP contribution in [0.3, 0.4) is 0 Å². The molecule has 5 atom stereocenters. The lowest BCUT2D eigenvalue weighted by Gasteiger charge is -2.43. The van der Waals surface area contributed by atoms with E-state index in [1.807, 2.05) is 0 Å². The van der Waals surface area contributed by atoms with Gasteiger partial charge in [0.1, 0.15) is 31.4 Å². The van der Waals surface area contributed by atoms with Crippen LogP contribution >= 0.6 is 0 Å². The molecule has 0 radical (unpaired) electrons. The standard InChI is InChI=1S/C25H28N2O12/c1-14(28)33-12-20-21(35-15(2)29)22(36-16(3)30)23(37-17(4)31)24(39-20)38-19-7-5-18(6-8-19)11-34-25(32)27-10-9-26-13-27/h5-10,13,20-24H,11-12H2,1-4H3/t20?,21-,22?,23+,24+/m0/s1. The van der Waals surface area contributed by atoms with Crippen LogP contribution in [-0.4, -0.2) is 76.8 Å². The lowest BCUT2D eigenvalue weighted by atomic mass is 9.98. The van der Waals surface area contributed by atoms with Crippen LogP contribution in [0, 0.1) is 0 Å². The van der Waals surface area contributed by atoms with Gasteiger partial charge in [-0.25, -0.2) is 14.3 Å². The Balaban J connectivity index is 1.81. The van der Waals surface area contributed by atoms with Gasteiger partial charge in [0.25, 0.3) is 0 Å². The maximum atomic E-state index is 12.0. The zero-order valence-electron chi connectivity index (χ0n) is 21.6. The van der Waals surface area contributed by atoms with Crippen molar-refractivity contribution in [1.82, 2.24) is 9.55 Å². The van der Waals surface area contributed by atoms with E-state index >= 15 is 0 Å². The van der Waals surface area contributed by atoms with Gasteiger partial charge >= 0.3 is 30.0 Å². The lowest BCUT2D eigenvalue weighted by Crippen LogP contribution is -2.63. The van der Waals surface area contributed by atoms with E-state index in [-0.39, 0.29) is 19.0 Å². The molecule has 39 heavy (non-hydrogen) atoms. The fourth-order valence-electron chi connectivity index (χ4n) is 3.67. The van der Waals surface area contributed by atoms with Crippen LogP contribution in [0.1, 0.15) is 33.3 Å². The van der Waals surface area contributed by atoms with Gasteiger partial charge in [0.15, 0.2) is 12.2 Å². The fraction of sp³-hybridized carbons (Fsp3) is 0.440. The molecule has 1 fully saturated rings. The Bertz CT molecular complexity index is 1160. The average Bonchev–Trinajstić information content (AvgIpc) is 3.40. The molecule has 1 aromatic heterocycles. The quantitative estimate of drug-likeness (QED) is 0.327. The molecular weight excluding hydrogens is 520 g/mol. The fourth-order valence-corrected chi connectivity index (χ4v) is 3.67. The number of nitrogens with zero attached hydrogens (tertiary/aromatic N) is 2. The molecule has 1 aliphatic rings. The summed E-state index contributed by atoms with van der Waals surface area (Å²) in [5.74, 6) is -2.62. The third kappa shape index (κ3) is 8.53. The van der Waals surface area contributed by atoms with Gasteiger partial charge in [-0.15, -0.1) is 0 Å². The third-order valence-corrected chi connectivity index (χ3v) is 5.20. The first-order valence-corrected chi connectivity index (χ1v) is 11.7. The average molecular weight is 549 g/mol. The number of aromatic nitrogens is 2. The summed E-state index contributed by atoms with van der Waals surface area (Å²) < 4.78 is 39.3. The minimum Gasteiger partial charge on any atom is -0.463 e. The van der Waals surface area contributed by atoms with Crippen molar-refractivity contribution in [2.75, 3.05) is 6.61 Å². The molecule has 210 valence electrons. The second-order valence-electron chi connectivity index (χ2n) is 8.35. The van der Waals surface area contributed by atoms with Gasteiger partial charge in [0.2, 0.25) is 12.4 Å². The molecule has 14 nitrogen and oxygen atoms in total.